The predicted octanol–water partition coefficient (Wildman–Crippen LogP) is 3.98. The van der Waals surface area contributed by atoms with Crippen LogP contribution in [0.4, 0.5) is 0 Å². The molecule has 266 valence electrons. The number of amides is 1. The molecular weight excluding hydrogens is 643 g/mol. The molecular formula is C37H51N5O6S. The second-order valence-electron chi connectivity index (χ2n) is 14.5. The van der Waals surface area contributed by atoms with E-state index in [4.69, 9.17) is 9.47 Å². The number of aryl methyl sites for hydroxylation is 2. The van der Waals surface area contributed by atoms with Crippen LogP contribution < -0.4 is 4.74 Å². The largest absolute Gasteiger partial charge is 0.497 e. The minimum atomic E-state index is -3.74. The zero-order valence-corrected chi connectivity index (χ0v) is 30.0. The Morgan fingerprint density at radius 3 is 2.27 bits per heavy atom. The van der Waals surface area contributed by atoms with E-state index in [-0.39, 0.29) is 37.2 Å². The maximum Gasteiger partial charge on any atom is 0.248 e. The Bertz CT molecular complexity index is 1750. The van der Waals surface area contributed by atoms with Crippen LogP contribution in [0.5, 0.6) is 11.6 Å². The Hall–Kier alpha value is -3.16. The van der Waals surface area contributed by atoms with Crippen molar-refractivity contribution in [2.45, 2.75) is 81.4 Å². The van der Waals surface area contributed by atoms with E-state index < -0.39 is 10.0 Å². The number of carbonyl (C=O) groups excluding carboxylic acids is 1. The second-order valence-corrected chi connectivity index (χ2v) is 16.3. The maximum atomic E-state index is 13.8. The van der Waals surface area contributed by atoms with Gasteiger partial charge in [-0.05, 0) is 81.7 Å². The molecule has 3 heterocycles. The maximum absolute atomic E-state index is 13.8. The van der Waals surface area contributed by atoms with Crippen LogP contribution in [0.15, 0.2) is 47.5 Å². The number of piperidine rings is 1. The van der Waals surface area contributed by atoms with Crippen molar-refractivity contribution >= 4 is 26.7 Å². The molecule has 2 saturated heterocycles. The highest BCUT2D eigenvalue weighted by Crippen LogP contribution is 2.38. The van der Waals surface area contributed by atoms with E-state index in [1.807, 2.05) is 33.7 Å². The summed E-state index contributed by atoms with van der Waals surface area (Å²) in [7, 11) is -2.16. The topological polar surface area (TPSA) is 108 Å². The van der Waals surface area contributed by atoms with Gasteiger partial charge in [-0.25, -0.2) is 8.42 Å². The molecule has 1 amide bonds. The summed E-state index contributed by atoms with van der Waals surface area (Å²) < 4.78 is 42.4. The molecule has 11 nitrogen and oxygen atoms in total. The molecule has 3 aromatic rings. The Balaban J connectivity index is 0.971. The van der Waals surface area contributed by atoms with Crippen LogP contribution in [0.1, 0.15) is 49.7 Å². The molecule has 0 radical (unpaired) electrons. The van der Waals surface area contributed by atoms with E-state index in [1.54, 1.807) is 37.4 Å². The first-order chi connectivity index (χ1) is 23.6. The lowest BCUT2D eigenvalue weighted by Gasteiger charge is -2.51. The first-order valence-electron chi connectivity index (χ1n) is 17.9. The van der Waals surface area contributed by atoms with Gasteiger partial charge in [0.1, 0.15) is 12.4 Å². The van der Waals surface area contributed by atoms with Crippen molar-refractivity contribution in [2.24, 2.45) is 0 Å². The standard InChI is InChI=1S/C37H51N5O6S/c1-27-22-32(47-3)23-28(2)35(27)49(45,46)42(31-10-11-31)20-21-48-25-34(43)39-14-12-37(13-15-39,41-18-16-38(17-19-41)30-8-9-30)26-40-24-29-6-4-5-7-33(29)36(40)44/h4-7,22-24,30-31,44H,8-21,25-26H2,1-3H3. The number of hydrogen-bond acceptors (Lipinski definition) is 8. The van der Waals surface area contributed by atoms with E-state index in [0.717, 1.165) is 68.7 Å². The highest BCUT2D eigenvalue weighted by molar-refractivity contribution is 7.89. The third kappa shape index (κ3) is 7.08. The van der Waals surface area contributed by atoms with Crippen LogP contribution in [0.3, 0.4) is 0 Å². The van der Waals surface area contributed by atoms with Crippen LogP contribution >= 0.6 is 0 Å². The van der Waals surface area contributed by atoms with Gasteiger partial charge in [0.05, 0.1) is 18.6 Å². The number of piperazine rings is 1. The normalized spacial score (nSPS) is 20.7. The van der Waals surface area contributed by atoms with Gasteiger partial charge < -0.3 is 24.0 Å². The number of likely N-dealkylation sites (tertiary alicyclic amines) is 1. The summed E-state index contributed by atoms with van der Waals surface area (Å²) in [4.78, 5) is 20.8. The monoisotopic (exact) mass is 693 g/mol. The molecule has 49 heavy (non-hydrogen) atoms. The lowest BCUT2D eigenvalue weighted by molar-refractivity contribution is -0.139. The summed E-state index contributed by atoms with van der Waals surface area (Å²) in [5, 5.41) is 13.1. The smallest absolute Gasteiger partial charge is 0.248 e. The molecule has 0 spiro atoms. The van der Waals surface area contributed by atoms with Crippen LogP contribution in [0.25, 0.3) is 10.8 Å². The molecule has 2 aromatic carbocycles. The SMILES string of the molecule is COc1cc(C)c(S(=O)(=O)N(CCOCC(=O)N2CCC(Cn3cc4ccccc4c3O)(N3CCN(C4CC4)CC3)CC2)C2CC2)c(C)c1. The fourth-order valence-corrected chi connectivity index (χ4v) is 10.3. The summed E-state index contributed by atoms with van der Waals surface area (Å²) in [6, 6.07) is 12.2. The lowest BCUT2D eigenvalue weighted by Crippen LogP contribution is -2.63. The fourth-order valence-electron chi connectivity index (χ4n) is 8.20. The Morgan fingerprint density at radius 2 is 1.65 bits per heavy atom. The number of aromatic hydroxyl groups is 1. The molecule has 2 aliphatic heterocycles. The van der Waals surface area contributed by atoms with Crippen molar-refractivity contribution < 1.29 is 27.8 Å². The van der Waals surface area contributed by atoms with Gasteiger partial charge in [0.15, 0.2) is 5.88 Å². The molecule has 7 rings (SSSR count). The Kier molecular flexibility index (Phi) is 9.70. The summed E-state index contributed by atoms with van der Waals surface area (Å²) >= 11 is 0. The van der Waals surface area contributed by atoms with Gasteiger partial charge in [0.25, 0.3) is 0 Å². The number of carbonyl (C=O) groups is 1. The number of ether oxygens (including phenoxy) is 2. The van der Waals surface area contributed by atoms with Gasteiger partial charge in [-0.1, -0.05) is 18.2 Å². The fraction of sp³-hybridized carbons (Fsp3) is 0.595. The van der Waals surface area contributed by atoms with Gasteiger partial charge in [-0.15, -0.1) is 0 Å². The molecule has 2 saturated carbocycles. The number of rotatable bonds is 13. The Morgan fingerprint density at radius 1 is 0.980 bits per heavy atom. The van der Waals surface area contributed by atoms with Gasteiger partial charge in [0.2, 0.25) is 15.9 Å². The summed E-state index contributed by atoms with van der Waals surface area (Å²) in [5.41, 5.74) is 1.14. The summed E-state index contributed by atoms with van der Waals surface area (Å²) in [6.07, 6.45) is 7.95. The van der Waals surface area contributed by atoms with E-state index in [9.17, 15) is 18.3 Å². The first kappa shape index (κ1) is 34.3. The number of methoxy groups -OCH3 is 1. The zero-order valence-electron chi connectivity index (χ0n) is 29.1. The molecule has 12 heteroatoms. The summed E-state index contributed by atoms with van der Waals surface area (Å²) in [5.74, 6) is 0.874. The van der Waals surface area contributed by atoms with Crippen LogP contribution in [-0.4, -0.2) is 127 Å². The lowest BCUT2D eigenvalue weighted by atomic mass is 9.84. The third-order valence-corrected chi connectivity index (χ3v) is 13.5. The average molecular weight is 694 g/mol. The van der Waals surface area contributed by atoms with E-state index >= 15 is 0 Å². The second kappa shape index (κ2) is 13.9. The third-order valence-electron chi connectivity index (χ3n) is 11.2. The van der Waals surface area contributed by atoms with Crippen molar-refractivity contribution in [1.82, 2.24) is 23.6 Å². The molecule has 1 N–H and O–H groups in total. The average Bonchev–Trinajstić information content (AvgIpc) is 4.03. The van der Waals surface area contributed by atoms with Crippen molar-refractivity contribution in [3.63, 3.8) is 0 Å². The molecule has 4 aliphatic rings. The van der Waals surface area contributed by atoms with Crippen molar-refractivity contribution in [3.8, 4) is 11.6 Å². The number of fused-ring (bicyclic) bond motifs is 1. The van der Waals surface area contributed by atoms with Crippen molar-refractivity contribution in [1.29, 1.82) is 0 Å². The van der Waals surface area contributed by atoms with Gasteiger partial charge in [-0.2, -0.15) is 4.31 Å². The van der Waals surface area contributed by atoms with Crippen molar-refractivity contribution in [2.75, 3.05) is 66.1 Å². The van der Waals surface area contributed by atoms with E-state index in [0.29, 0.717) is 47.3 Å². The molecule has 0 bridgehead atoms. The van der Waals surface area contributed by atoms with Gasteiger partial charge >= 0.3 is 0 Å². The van der Waals surface area contributed by atoms with E-state index in [2.05, 4.69) is 16.0 Å². The highest BCUT2D eigenvalue weighted by atomic mass is 32.2. The number of aromatic nitrogens is 1. The van der Waals surface area contributed by atoms with Crippen LogP contribution in [0.2, 0.25) is 0 Å². The molecule has 1 aromatic heterocycles. The van der Waals surface area contributed by atoms with Crippen molar-refractivity contribution in [3.05, 3.63) is 53.7 Å². The highest BCUT2D eigenvalue weighted by Gasteiger charge is 2.44. The van der Waals surface area contributed by atoms with Crippen LogP contribution in [0, 0.1) is 13.8 Å². The van der Waals surface area contributed by atoms with Gasteiger partial charge in [0, 0.05) is 86.9 Å². The zero-order chi connectivity index (χ0) is 34.3. The summed E-state index contributed by atoms with van der Waals surface area (Å²) in [6.45, 7) is 9.90. The molecule has 2 aliphatic carbocycles. The van der Waals surface area contributed by atoms with Gasteiger partial charge in [-0.3, -0.25) is 14.6 Å². The minimum absolute atomic E-state index is 0.0381. The molecule has 0 atom stereocenters. The number of hydrogen-bond donors (Lipinski definition) is 1. The predicted molar refractivity (Wildman–Crippen MR) is 189 cm³/mol. The number of nitrogens with zero attached hydrogens (tertiary/aromatic N) is 5. The van der Waals surface area contributed by atoms with E-state index in [1.165, 1.54) is 12.8 Å². The number of sulfonamides is 1. The molecule has 0 unspecified atom stereocenters. The quantitative estimate of drug-likeness (QED) is 0.268. The Labute approximate surface area is 290 Å². The molecule has 4 fully saturated rings. The number of benzene rings is 2. The first-order valence-corrected chi connectivity index (χ1v) is 19.3. The minimum Gasteiger partial charge on any atom is -0.497 e. The van der Waals surface area contributed by atoms with Crippen LogP contribution in [-0.2, 0) is 26.1 Å².